The molecule has 0 bridgehead atoms. The summed E-state index contributed by atoms with van der Waals surface area (Å²) < 4.78 is 3.71. The van der Waals surface area contributed by atoms with Gasteiger partial charge in [-0.2, -0.15) is 10.2 Å². The Morgan fingerprint density at radius 3 is 2.71 bits per heavy atom. The molecule has 2 aliphatic rings. The van der Waals surface area contributed by atoms with Crippen LogP contribution < -0.4 is 5.32 Å². The predicted molar refractivity (Wildman–Crippen MR) is 118 cm³/mol. The first-order chi connectivity index (χ1) is 15.2. The van der Waals surface area contributed by atoms with Gasteiger partial charge in [-0.3, -0.25) is 14.2 Å². The van der Waals surface area contributed by atoms with Gasteiger partial charge in [0.15, 0.2) is 5.65 Å². The fourth-order valence-corrected chi connectivity index (χ4v) is 4.23. The summed E-state index contributed by atoms with van der Waals surface area (Å²) in [6, 6.07) is 11.8. The van der Waals surface area contributed by atoms with Crippen LogP contribution in [0.4, 0.5) is 5.69 Å². The molecule has 7 nitrogen and oxygen atoms in total. The summed E-state index contributed by atoms with van der Waals surface area (Å²) in [5, 5.41) is 13.0. The highest BCUT2D eigenvalue weighted by Gasteiger charge is 2.33. The molecular formula is C24H24N6O. The molecule has 0 aliphatic heterocycles. The molecule has 156 valence electrons. The van der Waals surface area contributed by atoms with E-state index in [1.807, 2.05) is 59.0 Å². The SMILES string of the molecule is Cn1nc(C2CC2)c2c(C(=O)Nc3cccc(Cn4cccn4)c3)cc(C3CC3)nc21. The third kappa shape index (κ3) is 3.50. The maximum Gasteiger partial charge on any atom is 0.256 e. The maximum atomic E-state index is 13.5. The van der Waals surface area contributed by atoms with Crippen molar-refractivity contribution in [3.05, 3.63) is 71.3 Å². The molecule has 6 rings (SSSR count). The Kier molecular flexibility index (Phi) is 4.16. The van der Waals surface area contributed by atoms with E-state index in [0.717, 1.165) is 59.4 Å². The summed E-state index contributed by atoms with van der Waals surface area (Å²) in [7, 11) is 1.93. The van der Waals surface area contributed by atoms with Crippen LogP contribution in [0.5, 0.6) is 0 Å². The van der Waals surface area contributed by atoms with E-state index >= 15 is 0 Å². The number of hydrogen-bond donors (Lipinski definition) is 1. The largest absolute Gasteiger partial charge is 0.322 e. The smallest absolute Gasteiger partial charge is 0.256 e. The lowest BCUT2D eigenvalue weighted by molar-refractivity contribution is 0.102. The van der Waals surface area contributed by atoms with Gasteiger partial charge in [0.2, 0.25) is 0 Å². The zero-order chi connectivity index (χ0) is 20.9. The lowest BCUT2D eigenvalue weighted by atomic mass is 10.0. The third-order valence-corrected chi connectivity index (χ3v) is 6.13. The second-order valence-corrected chi connectivity index (χ2v) is 8.71. The molecule has 3 aromatic heterocycles. The van der Waals surface area contributed by atoms with Gasteiger partial charge in [-0.15, -0.1) is 0 Å². The van der Waals surface area contributed by atoms with E-state index in [-0.39, 0.29) is 5.91 Å². The van der Waals surface area contributed by atoms with Crippen LogP contribution in [0, 0.1) is 0 Å². The molecule has 2 fully saturated rings. The molecule has 0 saturated heterocycles. The molecule has 0 unspecified atom stereocenters. The Labute approximate surface area is 180 Å². The normalized spacial score (nSPS) is 16.0. The maximum absolute atomic E-state index is 13.5. The van der Waals surface area contributed by atoms with Crippen LogP contribution >= 0.6 is 0 Å². The van der Waals surface area contributed by atoms with E-state index in [2.05, 4.69) is 10.4 Å². The molecule has 31 heavy (non-hydrogen) atoms. The molecule has 3 heterocycles. The number of hydrogen-bond acceptors (Lipinski definition) is 4. The Bertz CT molecular complexity index is 1280. The van der Waals surface area contributed by atoms with Crippen molar-refractivity contribution in [3.63, 3.8) is 0 Å². The third-order valence-electron chi connectivity index (χ3n) is 6.13. The number of nitrogens with zero attached hydrogens (tertiary/aromatic N) is 5. The summed E-state index contributed by atoms with van der Waals surface area (Å²) in [5.74, 6) is 0.814. The average Bonchev–Trinajstić information content (AvgIpc) is 3.70. The van der Waals surface area contributed by atoms with E-state index in [9.17, 15) is 4.79 Å². The molecule has 7 heteroatoms. The number of carbonyl (C=O) groups excluding carboxylic acids is 1. The van der Waals surface area contributed by atoms with Gasteiger partial charge in [0.1, 0.15) is 0 Å². The summed E-state index contributed by atoms with van der Waals surface area (Å²) >= 11 is 0. The Morgan fingerprint density at radius 1 is 1.13 bits per heavy atom. The van der Waals surface area contributed by atoms with Crippen molar-refractivity contribution >= 4 is 22.6 Å². The summed E-state index contributed by atoms with van der Waals surface area (Å²) in [4.78, 5) is 18.3. The van der Waals surface area contributed by atoms with Gasteiger partial charge in [0.05, 0.1) is 23.2 Å². The van der Waals surface area contributed by atoms with Crippen LogP contribution in [-0.2, 0) is 13.6 Å². The number of rotatable bonds is 6. The van der Waals surface area contributed by atoms with Crippen LogP contribution in [-0.4, -0.2) is 30.5 Å². The second kappa shape index (κ2) is 7.04. The number of aryl methyl sites for hydroxylation is 1. The Balaban J connectivity index is 1.36. The lowest BCUT2D eigenvalue weighted by Crippen LogP contribution is -2.14. The number of aromatic nitrogens is 5. The highest BCUT2D eigenvalue weighted by Crippen LogP contribution is 2.45. The first kappa shape index (κ1) is 18.3. The summed E-state index contributed by atoms with van der Waals surface area (Å²) in [5.41, 5.74) is 5.41. The van der Waals surface area contributed by atoms with Crippen LogP contribution in [0.25, 0.3) is 11.0 Å². The second-order valence-electron chi connectivity index (χ2n) is 8.71. The Hall–Kier alpha value is -3.48. The number of benzene rings is 1. The van der Waals surface area contributed by atoms with Crippen LogP contribution in [0.2, 0.25) is 0 Å². The minimum Gasteiger partial charge on any atom is -0.322 e. The van der Waals surface area contributed by atoms with Crippen molar-refractivity contribution in [2.75, 3.05) is 5.32 Å². The minimum absolute atomic E-state index is 0.0968. The molecule has 1 N–H and O–H groups in total. The van der Waals surface area contributed by atoms with Gasteiger partial charge >= 0.3 is 0 Å². The number of anilines is 1. The van der Waals surface area contributed by atoms with Crippen LogP contribution in [0.1, 0.15) is 64.8 Å². The van der Waals surface area contributed by atoms with Crippen LogP contribution in [0.3, 0.4) is 0 Å². The number of carbonyl (C=O) groups is 1. The fourth-order valence-electron chi connectivity index (χ4n) is 4.23. The molecule has 2 saturated carbocycles. The zero-order valence-corrected chi connectivity index (χ0v) is 17.5. The average molecular weight is 412 g/mol. The molecule has 0 atom stereocenters. The molecule has 1 amide bonds. The van der Waals surface area contributed by atoms with Crippen molar-refractivity contribution in [1.82, 2.24) is 24.5 Å². The van der Waals surface area contributed by atoms with Crippen molar-refractivity contribution in [2.24, 2.45) is 7.05 Å². The van der Waals surface area contributed by atoms with E-state index in [1.54, 1.807) is 6.20 Å². The zero-order valence-electron chi connectivity index (χ0n) is 17.5. The van der Waals surface area contributed by atoms with E-state index < -0.39 is 0 Å². The highest BCUT2D eigenvalue weighted by molar-refractivity contribution is 6.13. The molecular weight excluding hydrogens is 388 g/mol. The van der Waals surface area contributed by atoms with Crippen molar-refractivity contribution < 1.29 is 4.79 Å². The van der Waals surface area contributed by atoms with E-state index in [4.69, 9.17) is 10.1 Å². The molecule has 0 radical (unpaired) electrons. The first-order valence-corrected chi connectivity index (χ1v) is 10.9. The van der Waals surface area contributed by atoms with Gasteiger partial charge < -0.3 is 5.32 Å². The van der Waals surface area contributed by atoms with Gasteiger partial charge in [0, 0.05) is 42.7 Å². The van der Waals surface area contributed by atoms with Crippen molar-refractivity contribution in [1.29, 1.82) is 0 Å². The van der Waals surface area contributed by atoms with Crippen LogP contribution in [0.15, 0.2) is 48.8 Å². The number of fused-ring (bicyclic) bond motifs is 1. The minimum atomic E-state index is -0.0968. The van der Waals surface area contributed by atoms with E-state index in [1.165, 1.54) is 0 Å². The van der Waals surface area contributed by atoms with Gasteiger partial charge in [-0.05, 0) is 55.5 Å². The number of amides is 1. The Morgan fingerprint density at radius 2 is 1.97 bits per heavy atom. The molecule has 4 aromatic rings. The molecule has 1 aromatic carbocycles. The molecule has 0 spiro atoms. The van der Waals surface area contributed by atoms with Gasteiger partial charge in [-0.25, -0.2) is 4.98 Å². The first-order valence-electron chi connectivity index (χ1n) is 10.9. The summed E-state index contributed by atoms with van der Waals surface area (Å²) in [6.45, 7) is 0.663. The summed E-state index contributed by atoms with van der Waals surface area (Å²) in [6.07, 6.45) is 8.24. The van der Waals surface area contributed by atoms with Crippen molar-refractivity contribution in [2.45, 2.75) is 44.1 Å². The quantitative estimate of drug-likeness (QED) is 0.514. The lowest BCUT2D eigenvalue weighted by Gasteiger charge is -2.11. The number of nitrogens with one attached hydrogen (secondary N) is 1. The van der Waals surface area contributed by atoms with E-state index in [0.29, 0.717) is 23.9 Å². The fraction of sp³-hybridized carbons (Fsp3) is 0.333. The topological polar surface area (TPSA) is 77.6 Å². The number of pyridine rings is 1. The highest BCUT2D eigenvalue weighted by atomic mass is 16.1. The monoisotopic (exact) mass is 412 g/mol. The predicted octanol–water partition coefficient (Wildman–Crippen LogP) is 4.22. The van der Waals surface area contributed by atoms with Crippen molar-refractivity contribution in [3.8, 4) is 0 Å². The van der Waals surface area contributed by atoms with Gasteiger partial charge in [-0.1, -0.05) is 12.1 Å². The standard InChI is InChI=1S/C24H24N6O/c1-29-23-21(22(28-29)17-8-9-17)19(13-20(27-23)16-6-7-16)24(31)26-18-5-2-4-15(12-18)14-30-11-3-10-25-30/h2-5,10-13,16-17H,6-9,14H2,1H3,(H,26,31). The van der Waals surface area contributed by atoms with Gasteiger partial charge in [0.25, 0.3) is 5.91 Å². The molecule has 2 aliphatic carbocycles.